The number of benzene rings is 10. The van der Waals surface area contributed by atoms with Gasteiger partial charge in [-0.15, -0.1) is 11.3 Å². The number of fused-ring (bicyclic) bond motifs is 11. The molecule has 0 aliphatic rings. The average molecular weight is 703 g/mol. The van der Waals surface area contributed by atoms with Crippen LogP contribution in [0.5, 0.6) is 0 Å². The van der Waals surface area contributed by atoms with Crippen LogP contribution in [0.1, 0.15) is 0 Å². The predicted molar refractivity (Wildman–Crippen MR) is 233 cm³/mol. The van der Waals surface area contributed by atoms with E-state index in [0.29, 0.717) is 0 Å². The van der Waals surface area contributed by atoms with Crippen molar-refractivity contribution in [1.29, 1.82) is 0 Å². The molecule has 0 saturated heterocycles. The summed E-state index contributed by atoms with van der Waals surface area (Å²) >= 11 is 1.88. The Hall–Kier alpha value is -6.74. The maximum Gasteiger partial charge on any atom is 0.136 e. The fourth-order valence-electron chi connectivity index (χ4n) is 9.05. The molecule has 2 heteroatoms. The van der Waals surface area contributed by atoms with Gasteiger partial charge in [0.25, 0.3) is 0 Å². The summed E-state index contributed by atoms with van der Waals surface area (Å²) in [6.45, 7) is 0. The van der Waals surface area contributed by atoms with E-state index in [9.17, 15) is 0 Å². The van der Waals surface area contributed by atoms with Gasteiger partial charge in [0.1, 0.15) is 11.2 Å². The quantitative estimate of drug-likeness (QED) is 0.167. The lowest BCUT2D eigenvalue weighted by Gasteiger charge is -2.19. The Labute approximate surface area is 314 Å². The molecule has 0 aliphatic carbocycles. The molecule has 250 valence electrons. The van der Waals surface area contributed by atoms with Gasteiger partial charge < -0.3 is 4.42 Å². The van der Waals surface area contributed by atoms with Crippen LogP contribution in [-0.4, -0.2) is 0 Å². The smallest absolute Gasteiger partial charge is 0.136 e. The second-order valence-corrected chi connectivity index (χ2v) is 15.4. The van der Waals surface area contributed by atoms with Crippen LogP contribution in [0.4, 0.5) is 0 Å². The molecule has 0 fully saturated rings. The van der Waals surface area contributed by atoms with E-state index in [0.717, 1.165) is 21.9 Å². The minimum Gasteiger partial charge on any atom is -0.456 e. The molecule has 2 heterocycles. The van der Waals surface area contributed by atoms with Gasteiger partial charge in [-0.3, -0.25) is 0 Å². The summed E-state index contributed by atoms with van der Waals surface area (Å²) in [5.41, 5.74) is 9.28. The molecule has 0 spiro atoms. The fraction of sp³-hybridized carbons (Fsp3) is 0. The monoisotopic (exact) mass is 702 g/mol. The SMILES string of the molecule is c1ccc(-c2c3ccccc3c(-c3ccc(-c4ccc5oc6cc7ccc8c9ccccc9sc8c7cc6c5c4)c4ccccc34)c3ccccc23)cc1. The topological polar surface area (TPSA) is 13.1 Å². The Bertz CT molecular complexity index is 3440. The summed E-state index contributed by atoms with van der Waals surface area (Å²) in [5, 5.41) is 15.0. The first kappa shape index (κ1) is 29.8. The fourth-order valence-corrected chi connectivity index (χ4v) is 10.3. The van der Waals surface area contributed by atoms with E-state index >= 15 is 0 Å². The van der Waals surface area contributed by atoms with Gasteiger partial charge in [0, 0.05) is 36.3 Å². The lowest BCUT2D eigenvalue weighted by atomic mass is 9.84. The van der Waals surface area contributed by atoms with E-state index < -0.39 is 0 Å². The van der Waals surface area contributed by atoms with Crippen molar-refractivity contribution in [3.63, 3.8) is 0 Å². The number of hydrogen-bond donors (Lipinski definition) is 0. The highest BCUT2D eigenvalue weighted by Crippen LogP contribution is 2.47. The molecule has 0 radical (unpaired) electrons. The first-order valence-corrected chi connectivity index (χ1v) is 19.3. The van der Waals surface area contributed by atoms with Crippen molar-refractivity contribution in [1.82, 2.24) is 0 Å². The zero-order valence-corrected chi connectivity index (χ0v) is 30.0. The molecule has 0 N–H and O–H groups in total. The molecule has 12 aromatic rings. The third-order valence-electron chi connectivity index (χ3n) is 11.4. The zero-order chi connectivity index (χ0) is 35.3. The number of hydrogen-bond acceptors (Lipinski definition) is 2. The molecular formula is C52H30OS. The van der Waals surface area contributed by atoms with Gasteiger partial charge in [-0.05, 0) is 101 Å². The van der Waals surface area contributed by atoms with Gasteiger partial charge >= 0.3 is 0 Å². The molecule has 0 atom stereocenters. The highest BCUT2D eigenvalue weighted by atomic mass is 32.1. The maximum absolute atomic E-state index is 6.51. The molecule has 10 aromatic carbocycles. The molecule has 0 unspecified atom stereocenters. The van der Waals surface area contributed by atoms with Crippen molar-refractivity contribution < 1.29 is 4.42 Å². The Morgan fingerprint density at radius 3 is 1.65 bits per heavy atom. The molecule has 2 aromatic heterocycles. The van der Waals surface area contributed by atoms with Crippen molar-refractivity contribution in [2.24, 2.45) is 0 Å². The molecule has 0 bridgehead atoms. The Morgan fingerprint density at radius 1 is 0.315 bits per heavy atom. The Morgan fingerprint density at radius 2 is 0.907 bits per heavy atom. The van der Waals surface area contributed by atoms with E-state index in [1.165, 1.54) is 96.6 Å². The second kappa shape index (κ2) is 11.4. The van der Waals surface area contributed by atoms with Crippen LogP contribution in [0.25, 0.3) is 119 Å². The molecule has 0 aliphatic heterocycles. The van der Waals surface area contributed by atoms with Crippen LogP contribution in [0.3, 0.4) is 0 Å². The normalized spacial score (nSPS) is 12.1. The van der Waals surface area contributed by atoms with Crippen molar-refractivity contribution in [3.05, 3.63) is 182 Å². The molecule has 12 rings (SSSR count). The highest BCUT2D eigenvalue weighted by molar-refractivity contribution is 7.26. The van der Waals surface area contributed by atoms with Crippen LogP contribution in [0, 0.1) is 0 Å². The summed E-state index contributed by atoms with van der Waals surface area (Å²) in [6.07, 6.45) is 0. The largest absolute Gasteiger partial charge is 0.456 e. The van der Waals surface area contributed by atoms with Gasteiger partial charge in [-0.1, -0.05) is 152 Å². The van der Waals surface area contributed by atoms with Gasteiger partial charge in [0.2, 0.25) is 0 Å². The lowest BCUT2D eigenvalue weighted by Crippen LogP contribution is -1.92. The van der Waals surface area contributed by atoms with Crippen LogP contribution >= 0.6 is 11.3 Å². The van der Waals surface area contributed by atoms with E-state index in [2.05, 4.69) is 182 Å². The van der Waals surface area contributed by atoms with Crippen molar-refractivity contribution in [2.75, 3.05) is 0 Å². The number of rotatable bonds is 3. The minimum absolute atomic E-state index is 0.911. The van der Waals surface area contributed by atoms with Crippen LogP contribution in [-0.2, 0) is 0 Å². The molecule has 0 amide bonds. The summed E-state index contributed by atoms with van der Waals surface area (Å²) in [6, 6.07) is 66.7. The van der Waals surface area contributed by atoms with Crippen molar-refractivity contribution in [3.8, 4) is 33.4 Å². The zero-order valence-electron chi connectivity index (χ0n) is 29.1. The summed E-state index contributed by atoms with van der Waals surface area (Å²) in [5.74, 6) is 0. The first-order chi connectivity index (χ1) is 26.8. The number of thiophene rings is 1. The standard InChI is InChI=1S/C52H30OS/c1-2-12-31(13-3-1)50-38-17-6-8-19-40(38)51(41-20-9-7-18-39(41)50)42-26-25-34(35-14-4-5-15-36(35)42)32-23-27-47-45(28-32)46-30-44-33(29-48(46)53-47)22-24-43-37-16-10-11-21-49(37)54-52(43)44/h1-30H. The lowest BCUT2D eigenvalue weighted by molar-refractivity contribution is 0.669. The third-order valence-corrected chi connectivity index (χ3v) is 12.7. The second-order valence-electron chi connectivity index (χ2n) is 14.3. The first-order valence-electron chi connectivity index (χ1n) is 18.5. The summed E-state index contributed by atoms with van der Waals surface area (Å²) in [7, 11) is 0. The molecule has 54 heavy (non-hydrogen) atoms. The Kier molecular flexibility index (Phi) is 6.28. The molecule has 0 saturated carbocycles. The molecular weight excluding hydrogens is 673 g/mol. The van der Waals surface area contributed by atoms with Gasteiger partial charge in [-0.2, -0.15) is 0 Å². The van der Waals surface area contributed by atoms with E-state index in [1.54, 1.807) is 0 Å². The van der Waals surface area contributed by atoms with Gasteiger partial charge in [0.05, 0.1) is 0 Å². The van der Waals surface area contributed by atoms with Crippen molar-refractivity contribution >= 4 is 96.5 Å². The summed E-state index contributed by atoms with van der Waals surface area (Å²) in [4.78, 5) is 0. The number of furan rings is 1. The average Bonchev–Trinajstić information content (AvgIpc) is 3.80. The predicted octanol–water partition coefficient (Wildman–Crippen LogP) is 15.6. The third kappa shape index (κ3) is 4.26. The van der Waals surface area contributed by atoms with E-state index in [1.807, 2.05) is 11.3 Å². The van der Waals surface area contributed by atoms with E-state index in [4.69, 9.17) is 4.42 Å². The Balaban J connectivity index is 1.08. The van der Waals surface area contributed by atoms with Gasteiger partial charge in [-0.25, -0.2) is 0 Å². The maximum atomic E-state index is 6.51. The van der Waals surface area contributed by atoms with E-state index in [-0.39, 0.29) is 0 Å². The van der Waals surface area contributed by atoms with Gasteiger partial charge in [0.15, 0.2) is 0 Å². The van der Waals surface area contributed by atoms with Crippen LogP contribution in [0.15, 0.2) is 186 Å². The molecule has 1 nitrogen and oxygen atoms in total. The van der Waals surface area contributed by atoms with Crippen LogP contribution < -0.4 is 0 Å². The summed E-state index contributed by atoms with van der Waals surface area (Å²) < 4.78 is 9.17. The minimum atomic E-state index is 0.911. The van der Waals surface area contributed by atoms with Crippen molar-refractivity contribution in [2.45, 2.75) is 0 Å². The highest BCUT2D eigenvalue weighted by Gasteiger charge is 2.20. The van der Waals surface area contributed by atoms with Crippen LogP contribution in [0.2, 0.25) is 0 Å².